The minimum absolute atomic E-state index is 0.00208. The Bertz CT molecular complexity index is 657. The Labute approximate surface area is 134 Å². The number of hydrogen-bond donors (Lipinski definition) is 0. The first kappa shape index (κ1) is 15.0. The van der Waals surface area contributed by atoms with Gasteiger partial charge in [0.25, 0.3) is 5.91 Å². The van der Waals surface area contributed by atoms with Gasteiger partial charge in [-0.15, -0.1) is 11.3 Å². The molecule has 6 heteroatoms. The van der Waals surface area contributed by atoms with E-state index in [2.05, 4.69) is 9.97 Å². The third-order valence-electron chi connectivity index (χ3n) is 3.95. The largest absolute Gasteiger partial charge is 0.494 e. The van der Waals surface area contributed by atoms with Crippen molar-refractivity contribution < 1.29 is 9.53 Å². The van der Waals surface area contributed by atoms with Gasteiger partial charge in [0, 0.05) is 23.8 Å². The molecule has 0 N–H and O–H groups in total. The second-order valence-electron chi connectivity index (χ2n) is 5.41. The molecule has 1 fully saturated rings. The van der Waals surface area contributed by atoms with Crippen LogP contribution in [0.4, 0.5) is 0 Å². The summed E-state index contributed by atoms with van der Waals surface area (Å²) in [5, 5.41) is 2.97. The lowest BCUT2D eigenvalue weighted by Crippen LogP contribution is -2.38. The van der Waals surface area contributed by atoms with Crippen LogP contribution in [0.25, 0.3) is 0 Å². The molecule has 0 saturated carbocycles. The Hall–Kier alpha value is -1.95. The van der Waals surface area contributed by atoms with Gasteiger partial charge in [-0.2, -0.15) is 0 Å². The summed E-state index contributed by atoms with van der Waals surface area (Å²) in [4.78, 5) is 23.6. The molecule has 0 aliphatic carbocycles. The number of methoxy groups -OCH3 is 1. The van der Waals surface area contributed by atoms with Crippen molar-refractivity contribution in [2.75, 3.05) is 13.7 Å². The number of hydrogen-bond acceptors (Lipinski definition) is 5. The first-order valence-corrected chi connectivity index (χ1v) is 8.29. The summed E-state index contributed by atoms with van der Waals surface area (Å²) < 4.78 is 5.32. The lowest BCUT2D eigenvalue weighted by Gasteiger charge is -2.34. The van der Waals surface area contributed by atoms with Gasteiger partial charge in [-0.05, 0) is 32.3 Å². The number of amides is 1. The SMILES string of the molecule is COc1cnc(C)cc1C(=O)N1CCCCC1c1nccs1. The summed E-state index contributed by atoms with van der Waals surface area (Å²) in [5.41, 5.74) is 1.39. The number of rotatable bonds is 3. The fraction of sp³-hybridized carbons (Fsp3) is 0.438. The summed E-state index contributed by atoms with van der Waals surface area (Å²) in [6.45, 7) is 2.64. The number of likely N-dealkylation sites (tertiary alicyclic amines) is 1. The summed E-state index contributed by atoms with van der Waals surface area (Å²) in [5.74, 6) is 0.529. The van der Waals surface area contributed by atoms with Crippen molar-refractivity contribution in [2.24, 2.45) is 0 Å². The van der Waals surface area contributed by atoms with Gasteiger partial charge in [-0.25, -0.2) is 4.98 Å². The molecule has 1 aliphatic rings. The summed E-state index contributed by atoms with van der Waals surface area (Å²) >= 11 is 1.61. The van der Waals surface area contributed by atoms with E-state index in [1.807, 2.05) is 17.2 Å². The molecule has 116 valence electrons. The highest BCUT2D eigenvalue weighted by molar-refractivity contribution is 7.09. The number of ether oxygens (including phenoxy) is 1. The van der Waals surface area contributed by atoms with Crippen LogP contribution in [-0.4, -0.2) is 34.4 Å². The molecule has 0 bridgehead atoms. The first-order chi connectivity index (χ1) is 10.7. The number of thiazole rings is 1. The Morgan fingerprint density at radius 2 is 2.27 bits per heavy atom. The molecule has 0 radical (unpaired) electrons. The zero-order chi connectivity index (χ0) is 15.5. The van der Waals surface area contributed by atoms with Gasteiger partial charge in [0.05, 0.1) is 24.9 Å². The first-order valence-electron chi connectivity index (χ1n) is 7.41. The smallest absolute Gasteiger partial charge is 0.258 e. The summed E-state index contributed by atoms with van der Waals surface area (Å²) in [6, 6.07) is 1.87. The van der Waals surface area contributed by atoms with Gasteiger partial charge in [-0.3, -0.25) is 9.78 Å². The molecule has 0 spiro atoms. The van der Waals surface area contributed by atoms with Crippen LogP contribution >= 0.6 is 11.3 Å². The fourth-order valence-electron chi connectivity index (χ4n) is 2.86. The maximum atomic E-state index is 13.0. The summed E-state index contributed by atoms with van der Waals surface area (Å²) in [6.07, 6.45) is 6.53. The second kappa shape index (κ2) is 6.44. The van der Waals surface area contributed by atoms with Crippen molar-refractivity contribution in [3.05, 3.63) is 40.1 Å². The zero-order valence-electron chi connectivity index (χ0n) is 12.8. The van der Waals surface area contributed by atoms with Crippen molar-refractivity contribution >= 4 is 17.2 Å². The number of carbonyl (C=O) groups is 1. The second-order valence-corrected chi connectivity index (χ2v) is 6.33. The van der Waals surface area contributed by atoms with Crippen LogP contribution in [0.2, 0.25) is 0 Å². The Morgan fingerprint density at radius 1 is 1.41 bits per heavy atom. The Balaban J connectivity index is 1.94. The molecule has 1 atom stereocenters. The average molecular weight is 317 g/mol. The van der Waals surface area contributed by atoms with E-state index >= 15 is 0 Å². The molecule has 5 nitrogen and oxygen atoms in total. The van der Waals surface area contributed by atoms with Gasteiger partial charge < -0.3 is 9.64 Å². The molecule has 1 unspecified atom stereocenters. The maximum absolute atomic E-state index is 13.0. The third kappa shape index (κ3) is 2.83. The molecule has 3 rings (SSSR count). The molecule has 2 aromatic rings. The highest BCUT2D eigenvalue weighted by Gasteiger charge is 2.31. The highest BCUT2D eigenvalue weighted by Crippen LogP contribution is 2.34. The normalized spacial score (nSPS) is 18.3. The fourth-order valence-corrected chi connectivity index (χ4v) is 3.65. The molecule has 1 amide bonds. The summed E-state index contributed by atoms with van der Waals surface area (Å²) in [7, 11) is 1.57. The topological polar surface area (TPSA) is 55.3 Å². The predicted octanol–water partition coefficient (Wildman–Crippen LogP) is 3.22. The molecule has 22 heavy (non-hydrogen) atoms. The van der Waals surface area contributed by atoms with Crippen LogP contribution in [0.1, 0.15) is 46.4 Å². The van der Waals surface area contributed by atoms with E-state index in [0.717, 1.165) is 36.5 Å². The van der Waals surface area contributed by atoms with Crippen LogP contribution in [0, 0.1) is 6.92 Å². The van der Waals surface area contributed by atoms with E-state index in [-0.39, 0.29) is 11.9 Å². The van der Waals surface area contributed by atoms with Crippen LogP contribution in [0.15, 0.2) is 23.8 Å². The standard InChI is InChI=1S/C16H19N3O2S/c1-11-9-12(14(21-2)10-18-11)16(20)19-7-4-3-5-13(19)15-17-6-8-22-15/h6,8-10,13H,3-5,7H2,1-2H3. The lowest BCUT2D eigenvalue weighted by molar-refractivity contribution is 0.0607. The van der Waals surface area contributed by atoms with Gasteiger partial charge in [-0.1, -0.05) is 0 Å². The van der Waals surface area contributed by atoms with Crippen LogP contribution in [0.5, 0.6) is 5.75 Å². The van der Waals surface area contributed by atoms with Crippen molar-refractivity contribution in [2.45, 2.75) is 32.2 Å². The van der Waals surface area contributed by atoms with Gasteiger partial charge in [0.15, 0.2) is 0 Å². The lowest BCUT2D eigenvalue weighted by atomic mass is 10.0. The van der Waals surface area contributed by atoms with Crippen molar-refractivity contribution in [1.29, 1.82) is 0 Å². The van der Waals surface area contributed by atoms with Crippen molar-refractivity contribution in [3.8, 4) is 5.75 Å². The molecular weight excluding hydrogens is 298 g/mol. The minimum Gasteiger partial charge on any atom is -0.494 e. The van der Waals surface area contributed by atoms with E-state index < -0.39 is 0 Å². The predicted molar refractivity (Wildman–Crippen MR) is 85.3 cm³/mol. The average Bonchev–Trinajstić information content (AvgIpc) is 3.08. The van der Waals surface area contributed by atoms with E-state index in [0.29, 0.717) is 11.3 Å². The molecule has 1 saturated heterocycles. The van der Waals surface area contributed by atoms with Gasteiger partial charge >= 0.3 is 0 Å². The minimum atomic E-state index is 0.00208. The molecule has 0 aromatic carbocycles. The molecule has 1 aliphatic heterocycles. The number of nitrogens with zero attached hydrogens (tertiary/aromatic N) is 3. The molecular formula is C16H19N3O2S. The van der Waals surface area contributed by atoms with Gasteiger partial charge in [0.2, 0.25) is 0 Å². The van der Waals surface area contributed by atoms with E-state index in [4.69, 9.17) is 4.74 Å². The number of carbonyl (C=O) groups excluding carboxylic acids is 1. The molecule has 2 aromatic heterocycles. The monoisotopic (exact) mass is 317 g/mol. The van der Waals surface area contributed by atoms with E-state index in [1.54, 1.807) is 36.9 Å². The molecule has 3 heterocycles. The van der Waals surface area contributed by atoms with Crippen LogP contribution in [-0.2, 0) is 0 Å². The number of piperidine rings is 1. The number of aryl methyl sites for hydroxylation is 1. The van der Waals surface area contributed by atoms with E-state index in [1.165, 1.54) is 0 Å². The quantitative estimate of drug-likeness (QED) is 0.872. The zero-order valence-corrected chi connectivity index (χ0v) is 13.6. The van der Waals surface area contributed by atoms with Crippen LogP contribution in [0.3, 0.4) is 0 Å². The van der Waals surface area contributed by atoms with E-state index in [9.17, 15) is 4.79 Å². The number of pyridine rings is 1. The Kier molecular flexibility index (Phi) is 4.38. The van der Waals surface area contributed by atoms with Gasteiger partial charge in [0.1, 0.15) is 10.8 Å². The highest BCUT2D eigenvalue weighted by atomic mass is 32.1. The van der Waals surface area contributed by atoms with Crippen molar-refractivity contribution in [3.63, 3.8) is 0 Å². The number of aromatic nitrogens is 2. The Morgan fingerprint density at radius 3 is 3.00 bits per heavy atom. The van der Waals surface area contributed by atoms with Crippen molar-refractivity contribution in [1.82, 2.24) is 14.9 Å². The van der Waals surface area contributed by atoms with Crippen LogP contribution < -0.4 is 4.74 Å². The third-order valence-corrected chi connectivity index (χ3v) is 4.83. The maximum Gasteiger partial charge on any atom is 0.258 e.